The van der Waals surface area contributed by atoms with Crippen molar-refractivity contribution in [2.75, 3.05) is 34.0 Å². The molecule has 0 aliphatic carbocycles. The summed E-state index contributed by atoms with van der Waals surface area (Å²) in [7, 11) is 3.10. The van der Waals surface area contributed by atoms with Crippen LogP contribution in [0.1, 0.15) is 12.5 Å². The lowest BCUT2D eigenvalue weighted by molar-refractivity contribution is -0.123. The van der Waals surface area contributed by atoms with E-state index in [1.54, 1.807) is 44.6 Å². The number of carbonyl (C=O) groups is 2. The summed E-state index contributed by atoms with van der Waals surface area (Å²) in [6.45, 7) is 2.67. The number of para-hydroxylation sites is 2. The van der Waals surface area contributed by atoms with Crippen LogP contribution < -0.4 is 18.9 Å². The highest BCUT2D eigenvalue weighted by Crippen LogP contribution is 2.38. The minimum absolute atomic E-state index is 0.133. The van der Waals surface area contributed by atoms with Crippen LogP contribution in [0.25, 0.3) is 6.08 Å². The molecule has 0 bridgehead atoms. The lowest BCUT2D eigenvalue weighted by Crippen LogP contribution is -2.32. The van der Waals surface area contributed by atoms with Crippen molar-refractivity contribution in [3.05, 3.63) is 51.3 Å². The van der Waals surface area contributed by atoms with E-state index in [2.05, 4.69) is 15.9 Å². The molecular formula is C22H22BrNO6S. The Kier molecular flexibility index (Phi) is 7.86. The van der Waals surface area contributed by atoms with E-state index in [4.69, 9.17) is 18.9 Å². The van der Waals surface area contributed by atoms with E-state index < -0.39 is 0 Å². The van der Waals surface area contributed by atoms with Crippen LogP contribution in [0.15, 0.2) is 45.8 Å². The first-order chi connectivity index (χ1) is 15.0. The minimum Gasteiger partial charge on any atom is -0.493 e. The van der Waals surface area contributed by atoms with Gasteiger partial charge in [0.15, 0.2) is 23.0 Å². The lowest BCUT2D eigenvalue weighted by Gasteiger charge is -2.14. The third-order valence-electron chi connectivity index (χ3n) is 4.38. The SMILES string of the molecule is CCOc1cc(Br)c(/C=C2\SC(=O)N(CCOc3ccccc3OC)C2=O)cc1OC. The van der Waals surface area contributed by atoms with Crippen molar-refractivity contribution in [2.45, 2.75) is 6.92 Å². The predicted octanol–water partition coefficient (Wildman–Crippen LogP) is 4.98. The Morgan fingerprint density at radius 2 is 1.71 bits per heavy atom. The Balaban J connectivity index is 1.72. The lowest BCUT2D eigenvalue weighted by atomic mass is 10.2. The normalized spacial score (nSPS) is 14.8. The fraction of sp³-hybridized carbons (Fsp3) is 0.273. The molecule has 2 amide bonds. The zero-order valence-electron chi connectivity index (χ0n) is 17.3. The first-order valence-corrected chi connectivity index (χ1v) is 11.1. The van der Waals surface area contributed by atoms with Crippen LogP contribution in [0, 0.1) is 0 Å². The van der Waals surface area contributed by atoms with Gasteiger partial charge in [-0.15, -0.1) is 0 Å². The molecule has 3 rings (SSSR count). The molecule has 1 aliphatic rings. The van der Waals surface area contributed by atoms with E-state index in [9.17, 15) is 9.59 Å². The molecule has 2 aromatic carbocycles. The fourth-order valence-corrected chi connectivity index (χ4v) is 4.20. The molecule has 0 N–H and O–H groups in total. The Bertz CT molecular complexity index is 1010. The van der Waals surface area contributed by atoms with Gasteiger partial charge in [-0.25, -0.2) is 0 Å². The summed E-state index contributed by atoms with van der Waals surface area (Å²) < 4.78 is 22.6. The van der Waals surface area contributed by atoms with Crippen molar-refractivity contribution in [1.82, 2.24) is 4.90 Å². The number of hydrogen-bond donors (Lipinski definition) is 0. The summed E-state index contributed by atoms with van der Waals surface area (Å²) in [6, 6.07) is 10.7. The molecule has 0 aromatic heterocycles. The molecule has 1 saturated heterocycles. The van der Waals surface area contributed by atoms with Crippen LogP contribution in [0.2, 0.25) is 0 Å². The number of imide groups is 1. The van der Waals surface area contributed by atoms with Crippen molar-refractivity contribution in [1.29, 1.82) is 0 Å². The smallest absolute Gasteiger partial charge is 0.293 e. The summed E-state index contributed by atoms with van der Waals surface area (Å²) in [4.78, 5) is 26.7. The summed E-state index contributed by atoms with van der Waals surface area (Å²) in [5, 5.41) is -0.339. The topological polar surface area (TPSA) is 74.3 Å². The Labute approximate surface area is 193 Å². The van der Waals surface area contributed by atoms with Gasteiger partial charge in [0.25, 0.3) is 11.1 Å². The van der Waals surface area contributed by atoms with Gasteiger partial charge in [-0.1, -0.05) is 28.1 Å². The van der Waals surface area contributed by atoms with Gasteiger partial charge >= 0.3 is 0 Å². The number of benzene rings is 2. The van der Waals surface area contributed by atoms with Crippen molar-refractivity contribution in [3.63, 3.8) is 0 Å². The maximum atomic E-state index is 12.8. The maximum absolute atomic E-state index is 12.8. The number of hydrogen-bond acceptors (Lipinski definition) is 7. The van der Waals surface area contributed by atoms with Crippen LogP contribution in [0.4, 0.5) is 4.79 Å². The molecule has 1 aliphatic heterocycles. The predicted molar refractivity (Wildman–Crippen MR) is 123 cm³/mol. The molecule has 0 radical (unpaired) electrons. The van der Waals surface area contributed by atoms with Gasteiger partial charge in [-0.05, 0) is 54.6 Å². The molecule has 0 saturated carbocycles. The number of rotatable bonds is 9. The third-order valence-corrected chi connectivity index (χ3v) is 5.98. The molecule has 9 heteroatoms. The molecule has 1 heterocycles. The zero-order valence-corrected chi connectivity index (χ0v) is 19.7. The van der Waals surface area contributed by atoms with E-state index in [0.29, 0.717) is 40.1 Å². The van der Waals surface area contributed by atoms with Gasteiger partial charge in [0.2, 0.25) is 0 Å². The number of ether oxygens (including phenoxy) is 4. The number of amides is 2. The van der Waals surface area contributed by atoms with E-state index in [1.165, 1.54) is 4.90 Å². The second-order valence-electron chi connectivity index (χ2n) is 6.29. The number of thioether (sulfide) groups is 1. The Morgan fingerprint density at radius 1 is 1.00 bits per heavy atom. The van der Waals surface area contributed by atoms with Crippen LogP contribution in [0.5, 0.6) is 23.0 Å². The van der Waals surface area contributed by atoms with Gasteiger partial charge in [0, 0.05) is 4.47 Å². The fourth-order valence-electron chi connectivity index (χ4n) is 2.91. The maximum Gasteiger partial charge on any atom is 0.293 e. The molecule has 1 fully saturated rings. The zero-order chi connectivity index (χ0) is 22.4. The van der Waals surface area contributed by atoms with E-state index >= 15 is 0 Å². The molecule has 0 unspecified atom stereocenters. The molecular weight excluding hydrogens is 486 g/mol. The largest absolute Gasteiger partial charge is 0.493 e. The summed E-state index contributed by atoms with van der Waals surface area (Å²) >= 11 is 4.38. The molecule has 31 heavy (non-hydrogen) atoms. The molecule has 2 aromatic rings. The highest BCUT2D eigenvalue weighted by molar-refractivity contribution is 9.10. The van der Waals surface area contributed by atoms with E-state index in [-0.39, 0.29) is 24.3 Å². The standard InChI is InChI=1S/C22H22BrNO6S/c1-4-29-19-13-15(23)14(11-18(19)28-3)12-20-21(25)24(22(26)31-20)9-10-30-17-8-6-5-7-16(17)27-2/h5-8,11-13H,4,9-10H2,1-3H3/b20-12-. The van der Waals surface area contributed by atoms with E-state index in [1.807, 2.05) is 19.1 Å². The van der Waals surface area contributed by atoms with Crippen LogP contribution in [-0.2, 0) is 4.79 Å². The molecule has 164 valence electrons. The van der Waals surface area contributed by atoms with Gasteiger partial charge in [-0.2, -0.15) is 0 Å². The third kappa shape index (κ3) is 5.34. The van der Waals surface area contributed by atoms with Gasteiger partial charge in [-0.3, -0.25) is 14.5 Å². The van der Waals surface area contributed by atoms with Crippen molar-refractivity contribution in [3.8, 4) is 23.0 Å². The second-order valence-corrected chi connectivity index (χ2v) is 8.14. The molecule has 0 atom stereocenters. The number of methoxy groups -OCH3 is 2. The van der Waals surface area contributed by atoms with Crippen LogP contribution >= 0.6 is 27.7 Å². The Hall–Kier alpha value is -2.65. The average molecular weight is 508 g/mol. The second kappa shape index (κ2) is 10.6. The van der Waals surface area contributed by atoms with E-state index in [0.717, 1.165) is 16.2 Å². The summed E-state index contributed by atoms with van der Waals surface area (Å²) in [5.41, 5.74) is 0.705. The van der Waals surface area contributed by atoms with Crippen molar-refractivity contribution < 1.29 is 28.5 Å². The first kappa shape index (κ1) is 23.0. The van der Waals surface area contributed by atoms with Crippen molar-refractivity contribution >= 4 is 44.9 Å². The van der Waals surface area contributed by atoms with Gasteiger partial charge in [0.1, 0.15) is 6.61 Å². The van der Waals surface area contributed by atoms with Crippen molar-refractivity contribution in [2.24, 2.45) is 0 Å². The number of nitrogens with zero attached hydrogens (tertiary/aromatic N) is 1. The molecule has 7 nitrogen and oxygen atoms in total. The summed E-state index contributed by atoms with van der Waals surface area (Å²) in [6.07, 6.45) is 1.66. The highest BCUT2D eigenvalue weighted by atomic mass is 79.9. The highest BCUT2D eigenvalue weighted by Gasteiger charge is 2.35. The Morgan fingerprint density at radius 3 is 2.39 bits per heavy atom. The monoisotopic (exact) mass is 507 g/mol. The number of halogens is 1. The van der Waals surface area contributed by atoms with Crippen LogP contribution in [0.3, 0.4) is 0 Å². The van der Waals surface area contributed by atoms with Gasteiger partial charge in [0.05, 0.1) is 32.3 Å². The average Bonchev–Trinajstić information content (AvgIpc) is 3.03. The summed E-state index contributed by atoms with van der Waals surface area (Å²) in [5.74, 6) is 1.92. The number of carbonyl (C=O) groups excluding carboxylic acids is 2. The molecule has 0 spiro atoms. The van der Waals surface area contributed by atoms with Crippen LogP contribution in [-0.4, -0.2) is 50.0 Å². The first-order valence-electron chi connectivity index (χ1n) is 9.50. The van der Waals surface area contributed by atoms with Gasteiger partial charge < -0.3 is 18.9 Å². The quantitative estimate of drug-likeness (QED) is 0.443. The minimum atomic E-state index is -0.363.